The van der Waals surface area contributed by atoms with Gasteiger partial charge in [-0.2, -0.15) is 0 Å². The first kappa shape index (κ1) is 30.2. The maximum Gasteiger partial charge on any atom is 0.189 e. The molecule has 2 aliphatic rings. The zero-order valence-corrected chi connectivity index (χ0v) is 25.5. The van der Waals surface area contributed by atoms with Crippen LogP contribution in [0.2, 0.25) is 0 Å². The summed E-state index contributed by atoms with van der Waals surface area (Å²) in [5.41, 5.74) is 2.05. The second-order valence-electron chi connectivity index (χ2n) is 11.9. The number of quaternary nitrogens is 1. The minimum atomic E-state index is -0.505. The Morgan fingerprint density at radius 1 is 1.08 bits per heavy atom. The number of benzene rings is 2. The first-order valence-electron chi connectivity index (χ1n) is 14.6. The molecule has 1 saturated heterocycles. The average molecular weight is 558 g/mol. The SMILES string of the molecule is CCCCC1(CC)CSc2ccc(OC)cc2[C@@H](c2cccc(OCOCCN3CC[N+](C)(C)CC3)c2)[C@H]1O. The predicted octanol–water partition coefficient (Wildman–Crippen LogP) is 5.63. The van der Waals surface area contributed by atoms with E-state index in [0.29, 0.717) is 6.61 Å². The number of fused-ring (bicyclic) bond motifs is 1. The fourth-order valence-corrected chi connectivity index (χ4v) is 7.37. The van der Waals surface area contributed by atoms with Gasteiger partial charge in [0.1, 0.15) is 11.5 Å². The molecule has 1 N–H and O–H groups in total. The molecule has 3 atom stereocenters. The van der Waals surface area contributed by atoms with Crippen LogP contribution in [-0.2, 0) is 4.74 Å². The maximum atomic E-state index is 12.1. The van der Waals surface area contributed by atoms with Gasteiger partial charge in [-0.15, -0.1) is 11.8 Å². The second kappa shape index (κ2) is 13.7. The van der Waals surface area contributed by atoms with Crippen molar-refractivity contribution in [3.63, 3.8) is 0 Å². The van der Waals surface area contributed by atoms with Gasteiger partial charge in [0.25, 0.3) is 0 Å². The van der Waals surface area contributed by atoms with E-state index in [1.54, 1.807) is 7.11 Å². The fraction of sp³-hybridized carbons (Fsp3) is 0.625. The van der Waals surface area contributed by atoms with Crippen LogP contribution in [0, 0.1) is 5.41 Å². The highest BCUT2D eigenvalue weighted by Gasteiger charge is 2.44. The number of aliphatic hydroxyl groups excluding tert-OH is 1. The van der Waals surface area contributed by atoms with Crippen molar-refractivity contribution in [2.24, 2.45) is 5.41 Å². The van der Waals surface area contributed by atoms with Crippen LogP contribution in [0.5, 0.6) is 11.5 Å². The highest BCUT2D eigenvalue weighted by atomic mass is 32.2. The average Bonchev–Trinajstić information content (AvgIpc) is 3.06. The molecule has 4 rings (SSSR count). The summed E-state index contributed by atoms with van der Waals surface area (Å²) in [4.78, 5) is 3.70. The molecule has 7 heteroatoms. The van der Waals surface area contributed by atoms with Crippen molar-refractivity contribution in [3.05, 3.63) is 53.6 Å². The topological polar surface area (TPSA) is 51.2 Å². The Balaban J connectivity index is 1.48. The molecule has 6 nitrogen and oxygen atoms in total. The molecule has 0 aliphatic carbocycles. The Morgan fingerprint density at radius 2 is 1.87 bits per heavy atom. The lowest BCUT2D eigenvalue weighted by Crippen LogP contribution is -2.55. The summed E-state index contributed by atoms with van der Waals surface area (Å²) < 4.78 is 18.6. The lowest BCUT2D eigenvalue weighted by Gasteiger charge is -2.40. The number of rotatable bonds is 12. The van der Waals surface area contributed by atoms with Crippen molar-refractivity contribution in [1.29, 1.82) is 0 Å². The third kappa shape index (κ3) is 7.50. The van der Waals surface area contributed by atoms with E-state index in [4.69, 9.17) is 14.2 Å². The van der Waals surface area contributed by atoms with Gasteiger partial charge in [-0.25, -0.2) is 0 Å². The zero-order chi connectivity index (χ0) is 27.9. The van der Waals surface area contributed by atoms with Crippen molar-refractivity contribution in [3.8, 4) is 11.5 Å². The lowest BCUT2D eigenvalue weighted by atomic mass is 9.69. The van der Waals surface area contributed by atoms with Crippen LogP contribution in [0.1, 0.15) is 56.6 Å². The van der Waals surface area contributed by atoms with E-state index < -0.39 is 6.10 Å². The minimum absolute atomic E-state index is 0.153. The Kier molecular flexibility index (Phi) is 10.6. The summed E-state index contributed by atoms with van der Waals surface area (Å²) >= 11 is 1.88. The van der Waals surface area contributed by atoms with Crippen LogP contribution < -0.4 is 9.47 Å². The Morgan fingerprint density at radius 3 is 2.59 bits per heavy atom. The van der Waals surface area contributed by atoms with E-state index in [0.717, 1.165) is 78.2 Å². The van der Waals surface area contributed by atoms with Gasteiger partial charge in [0.15, 0.2) is 6.79 Å². The number of nitrogens with zero attached hydrogens (tertiary/aromatic N) is 2. The van der Waals surface area contributed by atoms with E-state index in [2.05, 4.69) is 57.1 Å². The van der Waals surface area contributed by atoms with Crippen molar-refractivity contribution < 1.29 is 23.8 Å². The van der Waals surface area contributed by atoms with E-state index in [1.807, 2.05) is 30.0 Å². The number of methoxy groups -OCH3 is 1. The van der Waals surface area contributed by atoms with E-state index >= 15 is 0 Å². The molecule has 2 aliphatic heterocycles. The van der Waals surface area contributed by atoms with Gasteiger partial charge >= 0.3 is 0 Å². The molecule has 0 spiro atoms. The molecule has 0 saturated carbocycles. The van der Waals surface area contributed by atoms with Gasteiger partial charge in [0.05, 0.1) is 47.0 Å². The second-order valence-corrected chi connectivity index (χ2v) is 12.9. The van der Waals surface area contributed by atoms with Gasteiger partial charge in [0.2, 0.25) is 0 Å². The predicted molar refractivity (Wildman–Crippen MR) is 160 cm³/mol. The minimum Gasteiger partial charge on any atom is -0.497 e. The van der Waals surface area contributed by atoms with E-state index in [1.165, 1.54) is 18.0 Å². The quantitative estimate of drug-likeness (QED) is 0.208. The molecule has 1 fully saturated rings. The maximum absolute atomic E-state index is 12.1. The van der Waals surface area contributed by atoms with Crippen molar-refractivity contribution in [2.45, 2.75) is 56.4 Å². The van der Waals surface area contributed by atoms with Gasteiger partial charge in [-0.05, 0) is 54.3 Å². The third-order valence-corrected chi connectivity index (χ3v) is 10.3. The molecule has 1 unspecified atom stereocenters. The lowest BCUT2D eigenvalue weighted by molar-refractivity contribution is -0.894. The first-order chi connectivity index (χ1) is 18.8. The number of aliphatic hydroxyl groups is 1. The molecular weight excluding hydrogens is 508 g/mol. The van der Waals surface area contributed by atoms with Crippen LogP contribution in [0.15, 0.2) is 47.4 Å². The number of hydrogen-bond donors (Lipinski definition) is 1. The normalized spacial score (nSPS) is 25.1. The van der Waals surface area contributed by atoms with E-state index in [9.17, 15) is 5.11 Å². The summed E-state index contributed by atoms with van der Waals surface area (Å²) in [6, 6.07) is 14.5. The molecule has 0 radical (unpaired) electrons. The fourth-order valence-electron chi connectivity index (χ4n) is 5.89. The summed E-state index contributed by atoms with van der Waals surface area (Å²) in [7, 11) is 6.30. The van der Waals surface area contributed by atoms with Crippen LogP contribution in [0.4, 0.5) is 0 Å². The Labute approximate surface area is 240 Å². The van der Waals surface area contributed by atoms with Crippen LogP contribution >= 0.6 is 11.8 Å². The largest absolute Gasteiger partial charge is 0.497 e. The molecular formula is C32H49N2O4S+. The summed E-state index contributed by atoms with van der Waals surface area (Å²) in [6.07, 6.45) is 3.71. The van der Waals surface area contributed by atoms with Crippen LogP contribution in [0.25, 0.3) is 0 Å². The molecule has 2 aromatic carbocycles. The van der Waals surface area contributed by atoms with E-state index in [-0.39, 0.29) is 18.1 Å². The number of hydrogen-bond acceptors (Lipinski definition) is 6. The van der Waals surface area contributed by atoms with Gasteiger partial charge in [-0.1, -0.05) is 38.8 Å². The van der Waals surface area contributed by atoms with Crippen molar-refractivity contribution >= 4 is 11.8 Å². The monoisotopic (exact) mass is 557 g/mol. The van der Waals surface area contributed by atoms with Crippen LogP contribution in [-0.4, -0.2) is 93.7 Å². The molecule has 39 heavy (non-hydrogen) atoms. The first-order valence-corrected chi connectivity index (χ1v) is 15.6. The standard InChI is InChI=1S/C32H49N2O4S/c1-6-8-14-32(7-2)23-39-29-13-12-26(36-5)22-28(29)30(31(32)35)25-10-9-11-27(21-25)38-24-37-20-17-33-15-18-34(3,4)19-16-33/h9-13,21-22,30-31,35H,6-8,14-20,23-24H2,1-5H3/q+1/t30-,31-,32?/m1/s1. The van der Waals surface area contributed by atoms with Gasteiger partial charge in [-0.3, -0.25) is 4.90 Å². The Hall–Kier alpha value is -1.77. The number of piperazine rings is 1. The number of ether oxygens (including phenoxy) is 3. The highest BCUT2D eigenvalue weighted by Crippen LogP contribution is 2.51. The molecule has 0 aromatic heterocycles. The van der Waals surface area contributed by atoms with Crippen LogP contribution in [0.3, 0.4) is 0 Å². The smallest absolute Gasteiger partial charge is 0.189 e. The Bertz CT molecular complexity index is 1050. The zero-order valence-electron chi connectivity index (χ0n) is 24.7. The number of unbranched alkanes of at least 4 members (excludes halogenated alkanes) is 1. The molecule has 2 heterocycles. The van der Waals surface area contributed by atoms with Gasteiger partial charge < -0.3 is 23.8 Å². The third-order valence-electron chi connectivity index (χ3n) is 8.86. The summed E-state index contributed by atoms with van der Waals surface area (Å²) in [6.45, 7) is 10.9. The van der Waals surface area contributed by atoms with Gasteiger partial charge in [0, 0.05) is 41.6 Å². The van der Waals surface area contributed by atoms with Crippen molar-refractivity contribution in [2.75, 3.05) is 73.1 Å². The molecule has 216 valence electrons. The van der Waals surface area contributed by atoms with Crippen molar-refractivity contribution in [1.82, 2.24) is 4.90 Å². The summed E-state index contributed by atoms with van der Waals surface area (Å²) in [5.74, 6) is 2.35. The highest BCUT2D eigenvalue weighted by molar-refractivity contribution is 7.99. The molecule has 0 amide bonds. The summed E-state index contributed by atoms with van der Waals surface area (Å²) in [5, 5.41) is 12.1. The molecule has 0 bridgehead atoms. The number of thioether (sulfide) groups is 1. The number of likely N-dealkylation sites (N-methyl/N-ethyl adjacent to an activating group) is 1. The molecule has 2 aromatic rings.